The fourth-order valence-corrected chi connectivity index (χ4v) is 3.55. The lowest BCUT2D eigenvalue weighted by atomic mass is 9.98. The van der Waals surface area contributed by atoms with E-state index in [0.717, 1.165) is 0 Å². The Hall–Kier alpha value is -3.64. The number of carbonyl (C=O) groups is 1. The van der Waals surface area contributed by atoms with Crippen LogP contribution >= 0.6 is 11.6 Å². The molecule has 0 fully saturated rings. The average molecular weight is 481 g/mol. The summed E-state index contributed by atoms with van der Waals surface area (Å²) in [6.07, 6.45) is -0.177. The molecule has 4 aromatic rings. The van der Waals surface area contributed by atoms with E-state index in [1.54, 1.807) is 68.4 Å². The smallest absolute Gasteiger partial charge is 0.257 e. The predicted octanol–water partition coefficient (Wildman–Crippen LogP) is 7.11. The van der Waals surface area contributed by atoms with Crippen molar-refractivity contribution >= 4 is 39.7 Å². The van der Waals surface area contributed by atoms with Gasteiger partial charge in [0.2, 0.25) is 0 Å². The monoisotopic (exact) mass is 480 g/mol. The van der Waals surface area contributed by atoms with Gasteiger partial charge in [-0.25, -0.2) is 4.39 Å². The first-order chi connectivity index (χ1) is 16.3. The molecule has 5 nitrogen and oxygen atoms in total. The number of ketones is 1. The Kier molecular flexibility index (Phi) is 8.08. The molecule has 0 amide bonds. The molecule has 34 heavy (non-hydrogen) atoms. The number of nitrogens with one attached hydrogen (secondary N) is 2. The number of anilines is 2. The van der Waals surface area contributed by atoms with Gasteiger partial charge >= 0.3 is 0 Å². The van der Waals surface area contributed by atoms with Crippen LogP contribution in [-0.4, -0.2) is 16.9 Å². The molecule has 0 aliphatic heterocycles. The highest BCUT2D eigenvalue weighted by atomic mass is 35.5. The Morgan fingerprint density at radius 3 is 2.26 bits per heavy atom. The van der Waals surface area contributed by atoms with Crippen molar-refractivity contribution < 1.29 is 13.9 Å². The van der Waals surface area contributed by atoms with E-state index in [2.05, 4.69) is 10.3 Å². The number of hydrogen-bond acceptors (Lipinski definition) is 4. The van der Waals surface area contributed by atoms with E-state index in [4.69, 9.17) is 16.3 Å². The summed E-state index contributed by atoms with van der Waals surface area (Å²) in [6, 6.07) is 17.7. The third kappa shape index (κ3) is 5.46. The highest BCUT2D eigenvalue weighted by Gasteiger charge is 2.20. The fourth-order valence-electron chi connectivity index (χ4n) is 3.42. The molecule has 0 unspecified atom stereocenters. The molecule has 3 aromatic carbocycles. The second kappa shape index (κ2) is 11.0. The summed E-state index contributed by atoms with van der Waals surface area (Å²) in [7, 11) is 0. The van der Waals surface area contributed by atoms with Crippen LogP contribution in [0.4, 0.5) is 15.9 Å². The van der Waals surface area contributed by atoms with Crippen molar-refractivity contribution in [2.75, 3.05) is 5.32 Å². The van der Waals surface area contributed by atoms with Crippen LogP contribution in [0.25, 0.3) is 10.8 Å². The first-order valence-corrected chi connectivity index (χ1v) is 11.4. The third-order valence-electron chi connectivity index (χ3n) is 4.83. The van der Waals surface area contributed by atoms with Gasteiger partial charge in [0, 0.05) is 33.1 Å². The number of halogens is 2. The molecule has 176 valence electrons. The van der Waals surface area contributed by atoms with Crippen LogP contribution in [0.15, 0.2) is 71.5 Å². The minimum Gasteiger partial charge on any atom is -0.488 e. The van der Waals surface area contributed by atoms with Crippen molar-refractivity contribution in [2.24, 2.45) is 0 Å². The summed E-state index contributed by atoms with van der Waals surface area (Å²) >= 11 is 5.96. The van der Waals surface area contributed by atoms with Crippen molar-refractivity contribution in [3.8, 4) is 5.75 Å². The zero-order valence-electron chi connectivity index (χ0n) is 19.4. The Bertz CT molecular complexity index is 1360. The van der Waals surface area contributed by atoms with Crippen molar-refractivity contribution in [1.29, 1.82) is 0 Å². The molecule has 0 aliphatic rings. The molecular weight excluding hydrogens is 455 g/mol. The van der Waals surface area contributed by atoms with Crippen LogP contribution in [0.2, 0.25) is 5.02 Å². The number of benzene rings is 3. The lowest BCUT2D eigenvalue weighted by Crippen LogP contribution is -2.16. The molecule has 1 aromatic heterocycles. The van der Waals surface area contributed by atoms with E-state index < -0.39 is 5.82 Å². The zero-order chi connectivity index (χ0) is 24.8. The van der Waals surface area contributed by atoms with Gasteiger partial charge in [-0.2, -0.15) is 0 Å². The lowest BCUT2D eigenvalue weighted by Gasteiger charge is -2.15. The van der Waals surface area contributed by atoms with Crippen molar-refractivity contribution in [2.45, 2.75) is 33.8 Å². The van der Waals surface area contributed by atoms with Gasteiger partial charge in [-0.3, -0.25) is 9.59 Å². The number of carbonyl (C=O) groups excluding carboxylic acids is 1. The predicted molar refractivity (Wildman–Crippen MR) is 136 cm³/mol. The largest absolute Gasteiger partial charge is 0.488 e. The fraction of sp³-hybridized carbons (Fsp3) is 0.185. The number of H-pyrrole nitrogens is 1. The summed E-state index contributed by atoms with van der Waals surface area (Å²) in [5, 5.41) is 4.36. The first-order valence-electron chi connectivity index (χ1n) is 11.0. The number of aromatic nitrogens is 1. The standard InChI is InChI=1S/C25H20ClFN2O3.C2H6/c1-14(2)32-21-12-11-17(13-20(21)27)28-24-22(23(30)15-7-9-16(26)10-8-15)18-5-3-4-6-19(18)25(31)29-24;1-2/h3-14H,1-2H3,(H2,28,29,31);1-2H3. The summed E-state index contributed by atoms with van der Waals surface area (Å²) in [5.74, 6) is -0.574. The number of rotatable bonds is 6. The highest BCUT2D eigenvalue weighted by Crippen LogP contribution is 2.29. The second-order valence-corrected chi connectivity index (χ2v) is 7.96. The number of aromatic amines is 1. The summed E-state index contributed by atoms with van der Waals surface area (Å²) < 4.78 is 19.9. The third-order valence-corrected chi connectivity index (χ3v) is 5.08. The van der Waals surface area contributed by atoms with Gasteiger partial charge < -0.3 is 15.0 Å². The van der Waals surface area contributed by atoms with E-state index in [1.165, 1.54) is 12.1 Å². The Balaban J connectivity index is 0.00000158. The molecule has 7 heteroatoms. The van der Waals surface area contributed by atoms with Crippen LogP contribution in [0.5, 0.6) is 5.75 Å². The first kappa shape index (κ1) is 25.0. The number of pyridine rings is 1. The number of fused-ring (bicyclic) bond motifs is 1. The molecule has 2 N–H and O–H groups in total. The summed E-state index contributed by atoms with van der Waals surface area (Å²) in [4.78, 5) is 28.8. The molecule has 0 aliphatic carbocycles. The van der Waals surface area contributed by atoms with Gasteiger partial charge in [0.1, 0.15) is 5.82 Å². The SMILES string of the molecule is CC.CC(C)Oc1ccc(Nc2[nH]c(=O)c3ccccc3c2C(=O)c2ccc(Cl)cc2)cc1F. The van der Waals surface area contributed by atoms with Crippen molar-refractivity contribution in [1.82, 2.24) is 4.98 Å². The van der Waals surface area contributed by atoms with Crippen LogP contribution in [0, 0.1) is 5.82 Å². The Labute approximate surface area is 202 Å². The minimum atomic E-state index is -0.558. The Morgan fingerprint density at radius 1 is 1.00 bits per heavy atom. The molecule has 0 spiro atoms. The minimum absolute atomic E-state index is 0.120. The molecule has 0 saturated heterocycles. The average Bonchev–Trinajstić information content (AvgIpc) is 2.82. The maximum Gasteiger partial charge on any atom is 0.257 e. The van der Waals surface area contributed by atoms with Crippen molar-refractivity contribution in [3.63, 3.8) is 0 Å². The second-order valence-electron chi connectivity index (χ2n) is 7.52. The highest BCUT2D eigenvalue weighted by molar-refractivity contribution is 6.30. The van der Waals surface area contributed by atoms with Gasteiger partial charge in [0.25, 0.3) is 5.56 Å². The van der Waals surface area contributed by atoms with E-state index >= 15 is 0 Å². The molecule has 0 radical (unpaired) electrons. The molecule has 0 bridgehead atoms. The van der Waals surface area contributed by atoms with Gasteiger partial charge in [-0.1, -0.05) is 43.6 Å². The van der Waals surface area contributed by atoms with Gasteiger partial charge in [0.05, 0.1) is 11.7 Å². The van der Waals surface area contributed by atoms with Crippen LogP contribution in [-0.2, 0) is 0 Å². The maximum absolute atomic E-state index is 14.5. The van der Waals surface area contributed by atoms with E-state index in [9.17, 15) is 14.0 Å². The Morgan fingerprint density at radius 2 is 1.65 bits per heavy atom. The summed E-state index contributed by atoms with van der Waals surface area (Å²) in [6.45, 7) is 7.61. The lowest BCUT2D eigenvalue weighted by molar-refractivity contribution is 0.104. The summed E-state index contributed by atoms with van der Waals surface area (Å²) in [5.41, 5.74) is 0.664. The van der Waals surface area contributed by atoms with Gasteiger partial charge in [-0.15, -0.1) is 0 Å². The van der Waals surface area contributed by atoms with Gasteiger partial charge in [0.15, 0.2) is 17.3 Å². The normalized spacial score (nSPS) is 10.6. The molecule has 0 saturated carbocycles. The topological polar surface area (TPSA) is 71.2 Å². The number of ether oxygens (including phenoxy) is 1. The quantitative estimate of drug-likeness (QED) is 0.288. The van der Waals surface area contributed by atoms with E-state index in [1.807, 2.05) is 13.8 Å². The molecule has 1 heterocycles. The van der Waals surface area contributed by atoms with Gasteiger partial charge in [-0.05, 0) is 56.3 Å². The van der Waals surface area contributed by atoms with Crippen LogP contribution in [0.1, 0.15) is 43.6 Å². The number of hydrogen-bond donors (Lipinski definition) is 2. The van der Waals surface area contributed by atoms with E-state index in [0.29, 0.717) is 27.0 Å². The molecule has 0 atom stereocenters. The molecule has 4 rings (SSSR count). The maximum atomic E-state index is 14.5. The molecular formula is C27H26ClFN2O3. The van der Waals surface area contributed by atoms with E-state index in [-0.39, 0.29) is 34.6 Å². The zero-order valence-corrected chi connectivity index (χ0v) is 20.2. The van der Waals surface area contributed by atoms with Crippen LogP contribution < -0.4 is 15.6 Å². The van der Waals surface area contributed by atoms with Crippen molar-refractivity contribution in [3.05, 3.63) is 99.1 Å². The van der Waals surface area contributed by atoms with Crippen LogP contribution in [0.3, 0.4) is 0 Å².